The van der Waals surface area contributed by atoms with E-state index in [0.717, 1.165) is 11.8 Å². The van der Waals surface area contributed by atoms with E-state index in [1.807, 2.05) is 48.5 Å². The van der Waals surface area contributed by atoms with Crippen molar-refractivity contribution in [3.8, 4) is 5.75 Å². The highest BCUT2D eigenvalue weighted by molar-refractivity contribution is 6.10. The number of aromatic nitrogens is 2. The van der Waals surface area contributed by atoms with Crippen molar-refractivity contribution < 1.29 is 19.1 Å². The second-order valence-corrected chi connectivity index (χ2v) is 8.72. The number of aryl methyl sites for hydroxylation is 1. The fourth-order valence-electron chi connectivity index (χ4n) is 4.90. The number of aliphatic imine (C=N–C) groups is 1. The molecular weight excluding hydrogens is 454 g/mol. The number of benzene rings is 3. The van der Waals surface area contributed by atoms with Crippen LogP contribution < -0.4 is 4.74 Å². The van der Waals surface area contributed by atoms with Gasteiger partial charge in [-0.15, -0.1) is 0 Å². The van der Waals surface area contributed by atoms with E-state index < -0.39 is 16.9 Å². The molecule has 2 heterocycles. The highest BCUT2D eigenvalue weighted by Crippen LogP contribution is 2.50. The van der Waals surface area contributed by atoms with Crippen LogP contribution in [0.3, 0.4) is 0 Å². The van der Waals surface area contributed by atoms with Gasteiger partial charge in [-0.1, -0.05) is 60.7 Å². The first-order valence-electron chi connectivity index (χ1n) is 11.5. The quantitative estimate of drug-likeness (QED) is 0.282. The summed E-state index contributed by atoms with van der Waals surface area (Å²) in [5, 5.41) is 0. The van der Waals surface area contributed by atoms with E-state index in [1.54, 1.807) is 67.5 Å². The fourth-order valence-corrected chi connectivity index (χ4v) is 4.90. The molecule has 1 aliphatic rings. The Kier molecular flexibility index (Phi) is 5.98. The lowest BCUT2D eigenvalue weighted by Gasteiger charge is -2.40. The number of carbonyl (C=O) groups excluding carboxylic acids is 2. The Morgan fingerprint density at radius 1 is 1.00 bits per heavy atom. The molecule has 7 nitrogen and oxygen atoms in total. The Morgan fingerprint density at radius 2 is 1.67 bits per heavy atom. The molecule has 0 N–H and O–H groups in total. The number of hydrogen-bond donors (Lipinski definition) is 0. The first-order valence-corrected chi connectivity index (χ1v) is 11.5. The summed E-state index contributed by atoms with van der Waals surface area (Å²) in [4.78, 5) is 36.9. The van der Waals surface area contributed by atoms with E-state index in [9.17, 15) is 9.59 Å². The third-order valence-corrected chi connectivity index (χ3v) is 6.68. The molecule has 0 amide bonds. The van der Waals surface area contributed by atoms with Gasteiger partial charge in [-0.3, -0.25) is 0 Å². The van der Waals surface area contributed by atoms with Crippen molar-refractivity contribution in [2.75, 3.05) is 7.11 Å². The lowest BCUT2D eigenvalue weighted by atomic mass is 9.63. The molecule has 1 aromatic heterocycles. The van der Waals surface area contributed by atoms with E-state index in [4.69, 9.17) is 14.5 Å². The standard InChI is InChI=1S/C29H25N3O4/c1-32-18-17-30-26(32)28(20-33,19-21-9-5-3-6-10-21)29(23-11-7-4-8-12-23)27(34)36-25(31-29)22-13-15-24(35-2)16-14-22/h3-18,20H,19H2,1-2H3/t28-,29-/m1/s1. The first-order chi connectivity index (χ1) is 17.5. The van der Waals surface area contributed by atoms with Crippen molar-refractivity contribution in [1.29, 1.82) is 0 Å². The van der Waals surface area contributed by atoms with Crippen LogP contribution in [0.1, 0.15) is 22.5 Å². The summed E-state index contributed by atoms with van der Waals surface area (Å²) in [5.74, 6) is 0.588. The van der Waals surface area contributed by atoms with Gasteiger partial charge in [0.25, 0.3) is 0 Å². The van der Waals surface area contributed by atoms with Crippen molar-refractivity contribution in [1.82, 2.24) is 9.55 Å². The monoisotopic (exact) mass is 479 g/mol. The molecule has 0 radical (unpaired) electrons. The average Bonchev–Trinajstić information content (AvgIpc) is 3.52. The molecule has 0 fully saturated rings. The zero-order chi connectivity index (χ0) is 25.2. The maximum atomic E-state index is 14.0. The molecule has 0 saturated heterocycles. The van der Waals surface area contributed by atoms with Crippen LogP contribution in [0.4, 0.5) is 0 Å². The van der Waals surface area contributed by atoms with E-state index in [-0.39, 0.29) is 12.3 Å². The number of aldehydes is 1. The van der Waals surface area contributed by atoms with Crippen LogP contribution in [-0.2, 0) is 38.7 Å². The van der Waals surface area contributed by atoms with Crippen LogP contribution in [0.25, 0.3) is 0 Å². The SMILES string of the molecule is COc1ccc(C2=N[C@@](c3ccccc3)([C@@](C=O)(Cc3ccccc3)c3nccn3C)C(=O)O2)cc1. The van der Waals surface area contributed by atoms with Gasteiger partial charge in [0.2, 0.25) is 11.4 Å². The van der Waals surface area contributed by atoms with Crippen molar-refractivity contribution in [2.24, 2.45) is 12.0 Å². The molecule has 0 saturated carbocycles. The molecule has 5 rings (SSSR count). The Bertz CT molecular complexity index is 1410. The normalized spacial score (nSPS) is 18.7. The predicted octanol–water partition coefficient (Wildman–Crippen LogP) is 4.01. The van der Waals surface area contributed by atoms with Crippen LogP contribution in [-0.4, -0.2) is 34.8 Å². The van der Waals surface area contributed by atoms with Crippen molar-refractivity contribution in [3.63, 3.8) is 0 Å². The molecule has 2 atom stereocenters. The van der Waals surface area contributed by atoms with Gasteiger partial charge < -0.3 is 18.8 Å². The van der Waals surface area contributed by atoms with E-state index in [1.165, 1.54) is 0 Å². The Hall–Kier alpha value is -4.52. The maximum Gasteiger partial charge on any atom is 0.347 e. The number of carbonyl (C=O) groups is 2. The van der Waals surface area contributed by atoms with Gasteiger partial charge in [0.15, 0.2) is 0 Å². The molecule has 0 bridgehead atoms. The molecule has 0 aliphatic carbocycles. The number of esters is 1. The van der Waals surface area contributed by atoms with Crippen LogP contribution >= 0.6 is 0 Å². The minimum atomic E-state index is -1.71. The van der Waals surface area contributed by atoms with Gasteiger partial charge in [-0.2, -0.15) is 0 Å². The molecule has 0 unspecified atom stereocenters. The molecular formula is C29H25N3O4. The lowest BCUT2D eigenvalue weighted by Crippen LogP contribution is -2.55. The zero-order valence-corrected chi connectivity index (χ0v) is 20.0. The zero-order valence-electron chi connectivity index (χ0n) is 20.0. The third kappa shape index (κ3) is 3.60. The largest absolute Gasteiger partial charge is 0.497 e. The highest BCUT2D eigenvalue weighted by atomic mass is 16.6. The van der Waals surface area contributed by atoms with Crippen LogP contribution in [0.5, 0.6) is 5.75 Å². The summed E-state index contributed by atoms with van der Waals surface area (Å²) in [7, 11) is 3.38. The van der Waals surface area contributed by atoms with E-state index in [2.05, 4.69) is 4.98 Å². The van der Waals surface area contributed by atoms with Crippen molar-refractivity contribution in [2.45, 2.75) is 17.4 Å². The number of ether oxygens (including phenoxy) is 2. The van der Waals surface area contributed by atoms with Crippen molar-refractivity contribution >= 4 is 18.2 Å². The summed E-state index contributed by atoms with van der Waals surface area (Å²) in [6, 6.07) is 25.7. The number of methoxy groups -OCH3 is 1. The van der Waals surface area contributed by atoms with Crippen molar-refractivity contribution in [3.05, 3.63) is 120 Å². The van der Waals surface area contributed by atoms with Crippen LogP contribution in [0, 0.1) is 0 Å². The van der Waals surface area contributed by atoms with Gasteiger partial charge in [-0.05, 0) is 41.8 Å². The second-order valence-electron chi connectivity index (χ2n) is 8.72. The summed E-state index contributed by atoms with van der Waals surface area (Å²) < 4.78 is 12.9. The van der Waals surface area contributed by atoms with Crippen LogP contribution in [0.2, 0.25) is 0 Å². The van der Waals surface area contributed by atoms with Gasteiger partial charge in [-0.25, -0.2) is 14.8 Å². The van der Waals surface area contributed by atoms with Gasteiger partial charge >= 0.3 is 5.97 Å². The second kappa shape index (κ2) is 9.26. The minimum absolute atomic E-state index is 0.139. The van der Waals surface area contributed by atoms with E-state index in [0.29, 0.717) is 22.7 Å². The van der Waals surface area contributed by atoms with Gasteiger partial charge in [0.05, 0.1) is 7.11 Å². The third-order valence-electron chi connectivity index (χ3n) is 6.68. The van der Waals surface area contributed by atoms with Crippen LogP contribution in [0.15, 0.2) is 102 Å². The number of nitrogens with zero attached hydrogens (tertiary/aromatic N) is 3. The topological polar surface area (TPSA) is 82.8 Å². The first kappa shape index (κ1) is 23.2. The Morgan fingerprint density at radius 3 is 2.25 bits per heavy atom. The fraction of sp³-hybridized carbons (Fsp3) is 0.172. The molecule has 36 heavy (non-hydrogen) atoms. The molecule has 4 aromatic rings. The Balaban J connectivity index is 1.81. The number of imidazole rings is 1. The summed E-state index contributed by atoms with van der Waals surface area (Å²) in [5.41, 5.74) is -1.20. The van der Waals surface area contributed by atoms with Gasteiger partial charge in [0, 0.05) is 25.0 Å². The summed E-state index contributed by atoms with van der Waals surface area (Å²) in [6.45, 7) is 0. The smallest absolute Gasteiger partial charge is 0.347 e. The van der Waals surface area contributed by atoms with Gasteiger partial charge in [0.1, 0.15) is 23.3 Å². The molecule has 1 aliphatic heterocycles. The maximum absolute atomic E-state index is 14.0. The highest BCUT2D eigenvalue weighted by Gasteiger charge is 2.65. The lowest BCUT2D eigenvalue weighted by molar-refractivity contribution is -0.144. The van der Waals surface area contributed by atoms with E-state index >= 15 is 0 Å². The molecule has 3 aromatic carbocycles. The number of cyclic esters (lactones) is 1. The molecule has 0 spiro atoms. The molecule has 7 heteroatoms. The average molecular weight is 480 g/mol. The summed E-state index contributed by atoms with van der Waals surface area (Å²) in [6.07, 6.45) is 4.36. The predicted molar refractivity (Wildman–Crippen MR) is 135 cm³/mol. The Labute approximate surface area is 209 Å². The molecule has 180 valence electrons. The number of rotatable bonds is 8. The minimum Gasteiger partial charge on any atom is -0.497 e. The summed E-state index contributed by atoms with van der Waals surface area (Å²) >= 11 is 0. The number of hydrogen-bond acceptors (Lipinski definition) is 6.